The van der Waals surface area contributed by atoms with Crippen molar-refractivity contribution in [3.8, 4) is 5.75 Å². The summed E-state index contributed by atoms with van der Waals surface area (Å²) in [6.45, 7) is 4.06. The van der Waals surface area contributed by atoms with Gasteiger partial charge in [-0.2, -0.15) is 0 Å². The van der Waals surface area contributed by atoms with E-state index in [1.807, 2.05) is 32.0 Å². The minimum Gasteiger partial charge on any atom is -0.488 e. The first kappa shape index (κ1) is 21.4. The molecule has 3 rings (SSSR count). The van der Waals surface area contributed by atoms with E-state index in [0.29, 0.717) is 11.4 Å². The first-order valence-electron chi connectivity index (χ1n) is 9.52. The summed E-state index contributed by atoms with van der Waals surface area (Å²) in [5, 5.41) is 5.16. The van der Waals surface area contributed by atoms with Crippen molar-refractivity contribution in [1.29, 1.82) is 0 Å². The Labute approximate surface area is 181 Å². The minimum absolute atomic E-state index is 0.235. The third kappa shape index (κ3) is 6.09. The number of nitrogens with one attached hydrogen (secondary N) is 2. The molecular formula is C24H23ClN2O3. The molecule has 3 amide bonds. The Bertz CT molecular complexity index is 1020. The molecular weight excluding hydrogens is 400 g/mol. The lowest BCUT2D eigenvalue weighted by atomic mass is 9.98. The van der Waals surface area contributed by atoms with Gasteiger partial charge in [-0.1, -0.05) is 54.1 Å². The largest absolute Gasteiger partial charge is 0.488 e. The molecule has 0 spiro atoms. The zero-order chi connectivity index (χ0) is 21.6. The molecule has 5 nitrogen and oxygen atoms in total. The van der Waals surface area contributed by atoms with Gasteiger partial charge in [-0.3, -0.25) is 10.1 Å². The topological polar surface area (TPSA) is 67.4 Å². The molecule has 0 saturated carbocycles. The summed E-state index contributed by atoms with van der Waals surface area (Å²) in [6, 6.07) is 23.0. The van der Waals surface area contributed by atoms with E-state index in [9.17, 15) is 9.59 Å². The van der Waals surface area contributed by atoms with Crippen LogP contribution in [0.4, 0.5) is 10.5 Å². The highest BCUT2D eigenvalue weighted by Crippen LogP contribution is 2.23. The maximum atomic E-state index is 12.2. The van der Waals surface area contributed by atoms with Gasteiger partial charge in [0.15, 0.2) is 0 Å². The second-order valence-electron chi connectivity index (χ2n) is 7.44. The van der Waals surface area contributed by atoms with E-state index < -0.39 is 17.5 Å². The van der Waals surface area contributed by atoms with Crippen LogP contribution in [0.2, 0.25) is 5.02 Å². The van der Waals surface area contributed by atoms with Crippen LogP contribution in [0, 0.1) is 0 Å². The van der Waals surface area contributed by atoms with Gasteiger partial charge < -0.3 is 10.1 Å². The standard InChI is InChI=1S/C24H23ClN2O3/c1-24(2,16-17-8-4-3-5-9-17)30-19-14-12-18(13-15-19)26-23(29)27-22(28)20-10-6-7-11-21(20)25/h3-15H,16H2,1-2H3,(H2,26,27,28,29). The Balaban J connectivity index is 1.55. The first-order valence-corrected chi connectivity index (χ1v) is 9.90. The molecule has 0 unspecified atom stereocenters. The predicted octanol–water partition coefficient (Wildman–Crippen LogP) is 5.70. The highest BCUT2D eigenvalue weighted by atomic mass is 35.5. The van der Waals surface area contributed by atoms with Crippen LogP contribution in [-0.4, -0.2) is 17.5 Å². The molecule has 0 aliphatic rings. The van der Waals surface area contributed by atoms with Crippen LogP contribution in [-0.2, 0) is 6.42 Å². The van der Waals surface area contributed by atoms with Gasteiger partial charge in [-0.05, 0) is 55.8 Å². The van der Waals surface area contributed by atoms with Crippen LogP contribution in [0.15, 0.2) is 78.9 Å². The fourth-order valence-corrected chi connectivity index (χ4v) is 3.25. The van der Waals surface area contributed by atoms with Gasteiger partial charge >= 0.3 is 6.03 Å². The number of amides is 3. The summed E-state index contributed by atoms with van der Waals surface area (Å²) < 4.78 is 6.10. The molecule has 0 aromatic heterocycles. The van der Waals surface area contributed by atoms with Crippen molar-refractivity contribution in [3.05, 3.63) is 95.0 Å². The lowest BCUT2D eigenvalue weighted by molar-refractivity contribution is 0.0967. The third-order valence-corrected chi connectivity index (χ3v) is 4.65. The summed E-state index contributed by atoms with van der Waals surface area (Å²) in [5.74, 6) is 0.120. The van der Waals surface area contributed by atoms with Crippen molar-refractivity contribution >= 4 is 29.2 Å². The SMILES string of the molecule is CC(C)(Cc1ccccc1)Oc1ccc(NC(=O)NC(=O)c2ccccc2Cl)cc1. The number of imide groups is 1. The lowest BCUT2D eigenvalue weighted by Crippen LogP contribution is -2.34. The third-order valence-electron chi connectivity index (χ3n) is 4.32. The molecule has 0 heterocycles. The summed E-state index contributed by atoms with van der Waals surface area (Å²) in [7, 11) is 0. The number of carbonyl (C=O) groups is 2. The first-order chi connectivity index (χ1) is 14.3. The van der Waals surface area contributed by atoms with Crippen molar-refractivity contribution in [3.63, 3.8) is 0 Å². The number of ether oxygens (including phenoxy) is 1. The molecule has 3 aromatic carbocycles. The van der Waals surface area contributed by atoms with Crippen LogP contribution >= 0.6 is 11.6 Å². The Hall–Kier alpha value is -3.31. The monoisotopic (exact) mass is 422 g/mol. The van der Waals surface area contributed by atoms with Crippen LogP contribution in [0.3, 0.4) is 0 Å². The van der Waals surface area contributed by atoms with Gasteiger partial charge in [0.2, 0.25) is 0 Å². The van der Waals surface area contributed by atoms with Gasteiger partial charge in [0.25, 0.3) is 5.91 Å². The Morgan fingerprint density at radius 2 is 1.53 bits per heavy atom. The van der Waals surface area contributed by atoms with Crippen LogP contribution < -0.4 is 15.4 Å². The van der Waals surface area contributed by atoms with Gasteiger partial charge in [0.1, 0.15) is 11.4 Å². The normalized spacial score (nSPS) is 10.9. The van der Waals surface area contributed by atoms with E-state index in [-0.39, 0.29) is 10.6 Å². The number of rotatable bonds is 6. The molecule has 2 N–H and O–H groups in total. The fourth-order valence-electron chi connectivity index (χ4n) is 3.03. The summed E-state index contributed by atoms with van der Waals surface area (Å²) in [5.41, 5.74) is 1.57. The van der Waals surface area contributed by atoms with Crippen molar-refractivity contribution in [1.82, 2.24) is 5.32 Å². The van der Waals surface area contributed by atoms with Crippen molar-refractivity contribution in [2.24, 2.45) is 0 Å². The van der Waals surface area contributed by atoms with E-state index in [0.717, 1.165) is 6.42 Å². The molecule has 0 saturated heterocycles. The van der Waals surface area contributed by atoms with Crippen molar-refractivity contribution < 1.29 is 14.3 Å². The van der Waals surface area contributed by atoms with Crippen LogP contribution in [0.25, 0.3) is 0 Å². The number of hydrogen-bond donors (Lipinski definition) is 2. The van der Waals surface area contributed by atoms with Gasteiger partial charge in [-0.25, -0.2) is 4.79 Å². The number of hydrogen-bond acceptors (Lipinski definition) is 3. The van der Waals surface area contributed by atoms with E-state index >= 15 is 0 Å². The molecule has 0 atom stereocenters. The maximum absolute atomic E-state index is 12.2. The molecule has 0 fully saturated rings. The average molecular weight is 423 g/mol. The van der Waals surface area contributed by atoms with Gasteiger partial charge in [0, 0.05) is 12.1 Å². The Morgan fingerprint density at radius 3 is 2.20 bits per heavy atom. The quantitative estimate of drug-likeness (QED) is 0.535. The summed E-state index contributed by atoms with van der Waals surface area (Å²) in [4.78, 5) is 24.3. The van der Waals surface area contributed by atoms with Gasteiger partial charge in [0.05, 0.1) is 10.6 Å². The van der Waals surface area contributed by atoms with E-state index in [1.54, 1.807) is 48.5 Å². The molecule has 30 heavy (non-hydrogen) atoms. The van der Waals surface area contributed by atoms with Crippen LogP contribution in [0.5, 0.6) is 5.75 Å². The van der Waals surface area contributed by atoms with Crippen LogP contribution in [0.1, 0.15) is 29.8 Å². The molecule has 154 valence electrons. The highest BCUT2D eigenvalue weighted by Gasteiger charge is 2.20. The average Bonchev–Trinajstić information content (AvgIpc) is 2.70. The maximum Gasteiger partial charge on any atom is 0.326 e. The molecule has 0 bridgehead atoms. The minimum atomic E-state index is -0.641. The van der Waals surface area contributed by atoms with E-state index in [1.165, 1.54) is 5.56 Å². The predicted molar refractivity (Wildman–Crippen MR) is 119 cm³/mol. The molecule has 0 radical (unpaired) electrons. The summed E-state index contributed by atoms with van der Waals surface area (Å²) >= 11 is 5.98. The van der Waals surface area contributed by atoms with E-state index in [2.05, 4.69) is 22.8 Å². The Kier molecular flexibility index (Phi) is 6.75. The van der Waals surface area contributed by atoms with Crippen molar-refractivity contribution in [2.75, 3.05) is 5.32 Å². The number of benzene rings is 3. The smallest absolute Gasteiger partial charge is 0.326 e. The second-order valence-corrected chi connectivity index (χ2v) is 7.84. The Morgan fingerprint density at radius 1 is 0.900 bits per heavy atom. The van der Waals surface area contributed by atoms with Gasteiger partial charge in [-0.15, -0.1) is 0 Å². The summed E-state index contributed by atoms with van der Waals surface area (Å²) in [6.07, 6.45) is 0.764. The number of halogens is 1. The van der Waals surface area contributed by atoms with E-state index in [4.69, 9.17) is 16.3 Å². The molecule has 6 heteroatoms. The number of carbonyl (C=O) groups excluding carboxylic acids is 2. The fraction of sp³-hybridized carbons (Fsp3) is 0.167. The lowest BCUT2D eigenvalue weighted by Gasteiger charge is -2.27. The molecule has 0 aliphatic carbocycles. The second kappa shape index (κ2) is 9.46. The molecule has 0 aliphatic heterocycles. The number of anilines is 1. The number of urea groups is 1. The zero-order valence-electron chi connectivity index (χ0n) is 16.8. The highest BCUT2D eigenvalue weighted by molar-refractivity contribution is 6.34. The molecule has 3 aromatic rings. The zero-order valence-corrected chi connectivity index (χ0v) is 17.6. The van der Waals surface area contributed by atoms with Crippen molar-refractivity contribution in [2.45, 2.75) is 25.9 Å².